The van der Waals surface area contributed by atoms with Gasteiger partial charge in [0.25, 0.3) is 0 Å². The minimum Gasteiger partial charge on any atom is -0.494 e. The molecule has 4 aromatic rings. The van der Waals surface area contributed by atoms with Gasteiger partial charge in [0.05, 0.1) is 36.9 Å². The number of piperidine rings is 1. The van der Waals surface area contributed by atoms with E-state index in [2.05, 4.69) is 38.0 Å². The third kappa shape index (κ3) is 3.44. The SMILES string of the molecule is COc1cc2c(-c3cnn4cc(N5CCC(N6C[C@H]7C[C@@H]6CN7C)CC5)cnc34)ccnc2cc1F. The summed E-state index contributed by atoms with van der Waals surface area (Å²) in [5.41, 5.74) is 4.22. The van der Waals surface area contributed by atoms with Crippen molar-refractivity contribution in [2.24, 2.45) is 0 Å². The maximum absolute atomic E-state index is 14.2. The third-order valence-electron chi connectivity index (χ3n) is 8.50. The van der Waals surface area contributed by atoms with Gasteiger partial charge in [-0.05, 0) is 44.0 Å². The van der Waals surface area contributed by atoms with Crippen molar-refractivity contribution < 1.29 is 9.13 Å². The molecule has 3 fully saturated rings. The normalized spacial score (nSPS) is 23.4. The Morgan fingerprint density at radius 1 is 1.00 bits per heavy atom. The molecule has 0 N–H and O–H groups in total. The van der Waals surface area contributed by atoms with Crippen LogP contribution in [0.15, 0.2) is 43.0 Å². The number of pyridine rings is 1. The standard InChI is InChI=1S/C27H30FN7O/c1-32-14-19-9-18(32)15-34(19)17-4-7-33(8-5-17)20-12-30-27-23(13-31-35(27)16-20)21-3-6-29-25-11-24(28)26(36-2)10-22(21)25/h3,6,10-13,16-19H,4-5,7-9,14-15H2,1-2H3/t18-,19-/m1/s1. The topological polar surface area (TPSA) is 62.0 Å². The first-order valence-corrected chi connectivity index (χ1v) is 12.8. The predicted octanol–water partition coefficient (Wildman–Crippen LogP) is 3.45. The van der Waals surface area contributed by atoms with Gasteiger partial charge in [0.2, 0.25) is 0 Å². The van der Waals surface area contributed by atoms with Crippen LogP contribution in [0, 0.1) is 5.82 Å². The van der Waals surface area contributed by atoms with Crippen molar-refractivity contribution in [2.75, 3.05) is 45.2 Å². The van der Waals surface area contributed by atoms with Crippen LogP contribution in [0.2, 0.25) is 0 Å². The van der Waals surface area contributed by atoms with Crippen LogP contribution < -0.4 is 9.64 Å². The summed E-state index contributed by atoms with van der Waals surface area (Å²) >= 11 is 0. The molecule has 3 saturated heterocycles. The second-order valence-electron chi connectivity index (χ2n) is 10.4. The van der Waals surface area contributed by atoms with E-state index in [1.807, 2.05) is 23.0 Å². The molecule has 2 atom stereocenters. The number of anilines is 1. The Labute approximate surface area is 209 Å². The molecule has 3 aliphatic heterocycles. The lowest BCUT2D eigenvalue weighted by molar-refractivity contribution is 0.0929. The average Bonchev–Trinajstić information content (AvgIpc) is 3.61. The zero-order valence-electron chi connectivity index (χ0n) is 20.6. The number of halogens is 1. The van der Waals surface area contributed by atoms with E-state index in [0.717, 1.165) is 53.0 Å². The van der Waals surface area contributed by atoms with Gasteiger partial charge in [-0.2, -0.15) is 5.10 Å². The Morgan fingerprint density at radius 3 is 2.61 bits per heavy atom. The van der Waals surface area contributed by atoms with E-state index in [0.29, 0.717) is 11.6 Å². The lowest BCUT2D eigenvalue weighted by atomic mass is 10.0. The molecule has 0 unspecified atom stereocenters. The van der Waals surface area contributed by atoms with E-state index in [1.165, 1.54) is 45.5 Å². The Morgan fingerprint density at radius 2 is 1.86 bits per heavy atom. The first-order chi connectivity index (χ1) is 17.6. The number of fused-ring (bicyclic) bond motifs is 4. The third-order valence-corrected chi connectivity index (χ3v) is 8.50. The van der Waals surface area contributed by atoms with Gasteiger partial charge in [-0.25, -0.2) is 13.9 Å². The summed E-state index contributed by atoms with van der Waals surface area (Å²) in [6.45, 7) is 4.53. The molecular weight excluding hydrogens is 457 g/mol. The summed E-state index contributed by atoms with van der Waals surface area (Å²) in [6, 6.07) is 7.21. The van der Waals surface area contributed by atoms with E-state index in [1.54, 1.807) is 12.3 Å². The molecule has 0 amide bonds. The Bertz CT molecular complexity index is 1450. The van der Waals surface area contributed by atoms with Crippen LogP contribution in [0.3, 0.4) is 0 Å². The highest BCUT2D eigenvalue weighted by molar-refractivity contribution is 5.98. The summed E-state index contributed by atoms with van der Waals surface area (Å²) in [5, 5.41) is 5.42. The van der Waals surface area contributed by atoms with Crippen LogP contribution in [0.25, 0.3) is 27.7 Å². The molecule has 0 saturated carbocycles. The molecule has 186 valence electrons. The van der Waals surface area contributed by atoms with Gasteiger partial charge in [-0.1, -0.05) is 0 Å². The highest BCUT2D eigenvalue weighted by atomic mass is 19.1. The van der Waals surface area contributed by atoms with E-state index in [-0.39, 0.29) is 5.75 Å². The van der Waals surface area contributed by atoms with Crippen molar-refractivity contribution in [1.29, 1.82) is 0 Å². The fourth-order valence-electron chi connectivity index (χ4n) is 6.56. The number of hydrogen-bond acceptors (Lipinski definition) is 7. The highest BCUT2D eigenvalue weighted by Gasteiger charge is 2.44. The number of nitrogens with zero attached hydrogens (tertiary/aromatic N) is 7. The van der Waals surface area contributed by atoms with E-state index in [4.69, 9.17) is 9.72 Å². The molecule has 36 heavy (non-hydrogen) atoms. The van der Waals surface area contributed by atoms with Crippen LogP contribution in [0.5, 0.6) is 5.75 Å². The number of piperazine rings is 1. The maximum atomic E-state index is 14.2. The number of methoxy groups -OCH3 is 1. The van der Waals surface area contributed by atoms with Crippen molar-refractivity contribution in [1.82, 2.24) is 29.4 Å². The smallest absolute Gasteiger partial charge is 0.167 e. The molecule has 7 rings (SSSR count). The van der Waals surface area contributed by atoms with Gasteiger partial charge in [-0.15, -0.1) is 0 Å². The monoisotopic (exact) mass is 487 g/mol. The molecule has 8 nitrogen and oxygen atoms in total. The predicted molar refractivity (Wildman–Crippen MR) is 137 cm³/mol. The van der Waals surface area contributed by atoms with Crippen LogP contribution in [0.1, 0.15) is 19.3 Å². The van der Waals surface area contributed by atoms with Crippen molar-refractivity contribution >= 4 is 22.2 Å². The molecule has 0 aliphatic carbocycles. The van der Waals surface area contributed by atoms with Crippen LogP contribution in [-0.2, 0) is 0 Å². The largest absolute Gasteiger partial charge is 0.494 e. The first-order valence-electron chi connectivity index (χ1n) is 12.8. The molecule has 3 aromatic heterocycles. The molecule has 2 bridgehead atoms. The van der Waals surface area contributed by atoms with Gasteiger partial charge in [-0.3, -0.25) is 9.88 Å². The molecule has 0 radical (unpaired) electrons. The van der Waals surface area contributed by atoms with Crippen molar-refractivity contribution in [3.8, 4) is 16.9 Å². The van der Waals surface area contributed by atoms with Gasteiger partial charge in [0.1, 0.15) is 0 Å². The molecule has 3 aliphatic rings. The molecule has 0 spiro atoms. The van der Waals surface area contributed by atoms with Crippen LogP contribution in [-0.4, -0.2) is 87.8 Å². The minimum absolute atomic E-state index is 0.195. The summed E-state index contributed by atoms with van der Waals surface area (Å²) in [4.78, 5) is 16.9. The summed E-state index contributed by atoms with van der Waals surface area (Å²) in [5.74, 6) is -0.230. The highest BCUT2D eigenvalue weighted by Crippen LogP contribution is 2.36. The van der Waals surface area contributed by atoms with Gasteiger partial charge in [0, 0.05) is 67.5 Å². The summed E-state index contributed by atoms with van der Waals surface area (Å²) in [7, 11) is 3.73. The Balaban J connectivity index is 1.13. The number of benzene rings is 1. The Kier molecular flexibility index (Phi) is 5.11. The molecule has 6 heterocycles. The van der Waals surface area contributed by atoms with E-state index < -0.39 is 5.82 Å². The van der Waals surface area contributed by atoms with Gasteiger partial charge >= 0.3 is 0 Å². The fourth-order valence-corrected chi connectivity index (χ4v) is 6.56. The molecule has 9 heteroatoms. The van der Waals surface area contributed by atoms with Gasteiger partial charge in [0.15, 0.2) is 17.2 Å². The minimum atomic E-state index is -0.425. The second kappa shape index (κ2) is 8.38. The van der Waals surface area contributed by atoms with Gasteiger partial charge < -0.3 is 14.5 Å². The van der Waals surface area contributed by atoms with E-state index in [9.17, 15) is 4.39 Å². The van der Waals surface area contributed by atoms with E-state index >= 15 is 0 Å². The lowest BCUT2D eigenvalue weighted by Crippen LogP contribution is -2.52. The van der Waals surface area contributed by atoms with Crippen molar-refractivity contribution in [3.63, 3.8) is 0 Å². The lowest BCUT2D eigenvalue weighted by Gasteiger charge is -2.42. The van der Waals surface area contributed by atoms with Crippen LogP contribution in [0.4, 0.5) is 10.1 Å². The maximum Gasteiger partial charge on any atom is 0.167 e. The number of ether oxygens (including phenoxy) is 1. The summed E-state index contributed by atoms with van der Waals surface area (Å²) in [6.07, 6.45) is 11.3. The van der Waals surface area contributed by atoms with Crippen LogP contribution >= 0.6 is 0 Å². The second-order valence-corrected chi connectivity index (χ2v) is 10.4. The number of rotatable bonds is 4. The van der Waals surface area contributed by atoms with Crippen molar-refractivity contribution in [3.05, 3.63) is 48.8 Å². The molecule has 1 aromatic carbocycles. The summed E-state index contributed by atoms with van der Waals surface area (Å²) < 4.78 is 21.3. The zero-order chi connectivity index (χ0) is 24.4. The number of likely N-dealkylation sites (N-methyl/N-ethyl adjacent to an activating group) is 1. The number of aromatic nitrogens is 4. The quantitative estimate of drug-likeness (QED) is 0.437. The van der Waals surface area contributed by atoms with Crippen molar-refractivity contribution in [2.45, 2.75) is 37.4 Å². The zero-order valence-corrected chi connectivity index (χ0v) is 20.6. The number of hydrogen-bond donors (Lipinski definition) is 0. The first kappa shape index (κ1) is 21.9. The number of likely N-dealkylation sites (tertiary alicyclic amines) is 2. The average molecular weight is 488 g/mol. The fraction of sp³-hybridized carbons (Fsp3) is 0.444. The Hall–Kier alpha value is -3.30. The molecular formula is C27H30FN7O.